The number of esters is 1. The summed E-state index contributed by atoms with van der Waals surface area (Å²) < 4.78 is 5.28. The van der Waals surface area contributed by atoms with Gasteiger partial charge in [-0.2, -0.15) is 0 Å². The van der Waals surface area contributed by atoms with Crippen LogP contribution in [0.15, 0.2) is 18.3 Å². The van der Waals surface area contributed by atoms with Crippen LogP contribution < -0.4 is 0 Å². The number of carbonyl (C=O) groups is 1. The minimum Gasteiger partial charge on any atom is -0.461 e. The summed E-state index contributed by atoms with van der Waals surface area (Å²) in [7, 11) is 3.92. The van der Waals surface area contributed by atoms with Crippen molar-refractivity contribution in [1.29, 1.82) is 0 Å². The van der Waals surface area contributed by atoms with Crippen LogP contribution in [-0.4, -0.2) is 67.6 Å². The molecule has 1 aromatic heterocycles. The number of rotatable bonds is 13. The van der Waals surface area contributed by atoms with Gasteiger partial charge in [-0.15, -0.1) is 0 Å². The number of ether oxygens (including phenoxy) is 1. The number of unbranched alkanes of at least 4 members (excludes halogenated alkanes) is 3. The molecule has 0 amide bonds. The summed E-state index contributed by atoms with van der Waals surface area (Å²) in [5, 5.41) is 0. The lowest BCUT2D eigenvalue weighted by Crippen LogP contribution is -2.23. The number of likely N-dealkylation sites (N-methyl/N-ethyl adjacent to an activating group) is 1. The summed E-state index contributed by atoms with van der Waals surface area (Å²) >= 11 is 0. The zero-order chi connectivity index (χ0) is 18.5. The number of carbonyl (C=O) groups excluding carboxylic acids is 1. The van der Waals surface area contributed by atoms with E-state index >= 15 is 0 Å². The first kappa shape index (κ1) is 21.6. The molecule has 1 aromatic rings. The maximum absolute atomic E-state index is 12.0. The van der Waals surface area contributed by atoms with Crippen molar-refractivity contribution in [3.63, 3.8) is 0 Å². The smallest absolute Gasteiger partial charge is 0.338 e. The standard InChI is InChI=1S/C20H35N3O2/c1-5-23(6-2)14-10-8-7-9-11-19-17-18(12-13-21-19)20(24)25-16-15-22(3)4/h12-13,17H,5-11,14-16H2,1-4H3. The topological polar surface area (TPSA) is 45.7 Å². The van der Waals surface area contributed by atoms with Crippen LogP contribution in [0.25, 0.3) is 0 Å². The molecule has 5 heteroatoms. The van der Waals surface area contributed by atoms with E-state index in [9.17, 15) is 4.79 Å². The molecular weight excluding hydrogens is 314 g/mol. The molecule has 0 aliphatic rings. The Bertz CT molecular complexity index is 488. The van der Waals surface area contributed by atoms with Crippen LogP contribution in [0.5, 0.6) is 0 Å². The number of hydrogen-bond donors (Lipinski definition) is 0. The van der Waals surface area contributed by atoms with Gasteiger partial charge in [0.15, 0.2) is 0 Å². The van der Waals surface area contributed by atoms with Crippen LogP contribution in [0.3, 0.4) is 0 Å². The lowest BCUT2D eigenvalue weighted by molar-refractivity contribution is 0.0481. The number of nitrogens with zero attached hydrogens (tertiary/aromatic N) is 3. The Hall–Kier alpha value is -1.46. The van der Waals surface area contributed by atoms with E-state index in [2.05, 4.69) is 23.7 Å². The van der Waals surface area contributed by atoms with Crippen LogP contribution >= 0.6 is 0 Å². The third-order valence-electron chi connectivity index (χ3n) is 4.38. The second kappa shape index (κ2) is 12.8. The molecule has 0 aliphatic carbocycles. The molecule has 0 fully saturated rings. The minimum absolute atomic E-state index is 0.260. The summed E-state index contributed by atoms with van der Waals surface area (Å²) in [5.74, 6) is -0.260. The molecule has 1 heterocycles. The molecule has 0 N–H and O–H groups in total. The molecule has 0 aliphatic heterocycles. The quantitative estimate of drug-likeness (QED) is 0.404. The largest absolute Gasteiger partial charge is 0.461 e. The highest BCUT2D eigenvalue weighted by Gasteiger charge is 2.08. The van der Waals surface area contributed by atoms with Crippen LogP contribution in [0, 0.1) is 0 Å². The molecule has 5 nitrogen and oxygen atoms in total. The molecule has 25 heavy (non-hydrogen) atoms. The normalized spacial score (nSPS) is 11.3. The summed E-state index contributed by atoms with van der Waals surface area (Å²) in [6, 6.07) is 3.60. The van der Waals surface area contributed by atoms with Crippen LogP contribution in [0.1, 0.15) is 55.6 Å². The third-order valence-corrected chi connectivity index (χ3v) is 4.38. The maximum atomic E-state index is 12.0. The predicted octanol–water partition coefficient (Wildman–Crippen LogP) is 3.24. The molecule has 0 saturated carbocycles. The molecular formula is C20H35N3O2. The van der Waals surface area contributed by atoms with Crippen molar-refractivity contribution in [2.75, 3.05) is 46.9 Å². The van der Waals surface area contributed by atoms with Gasteiger partial charge >= 0.3 is 5.97 Å². The van der Waals surface area contributed by atoms with Crippen molar-refractivity contribution in [3.8, 4) is 0 Å². The fraction of sp³-hybridized carbons (Fsp3) is 0.700. The van der Waals surface area contributed by atoms with Crippen LogP contribution in [0.4, 0.5) is 0 Å². The molecule has 0 saturated heterocycles. The van der Waals surface area contributed by atoms with Gasteiger partial charge < -0.3 is 14.5 Å². The average Bonchev–Trinajstić information content (AvgIpc) is 2.61. The van der Waals surface area contributed by atoms with Crippen molar-refractivity contribution in [2.24, 2.45) is 0 Å². The molecule has 1 rings (SSSR count). The number of pyridine rings is 1. The monoisotopic (exact) mass is 349 g/mol. The van der Waals surface area contributed by atoms with Gasteiger partial charge in [0.25, 0.3) is 0 Å². The third kappa shape index (κ3) is 9.56. The van der Waals surface area contributed by atoms with Crippen molar-refractivity contribution in [1.82, 2.24) is 14.8 Å². The Morgan fingerprint density at radius 3 is 2.48 bits per heavy atom. The zero-order valence-corrected chi connectivity index (χ0v) is 16.5. The molecule has 0 bridgehead atoms. The molecule has 0 unspecified atom stereocenters. The summed E-state index contributed by atoms with van der Waals surface area (Å²) in [4.78, 5) is 20.9. The predicted molar refractivity (Wildman–Crippen MR) is 103 cm³/mol. The van der Waals surface area contributed by atoms with Crippen LogP contribution in [0.2, 0.25) is 0 Å². The van der Waals surface area contributed by atoms with Gasteiger partial charge in [0.05, 0.1) is 5.56 Å². The number of hydrogen-bond acceptors (Lipinski definition) is 5. The van der Waals surface area contributed by atoms with Gasteiger partial charge in [0.2, 0.25) is 0 Å². The van der Waals surface area contributed by atoms with Gasteiger partial charge in [-0.25, -0.2) is 4.79 Å². The Labute approximate surface area is 153 Å². The fourth-order valence-electron chi connectivity index (χ4n) is 2.68. The fourth-order valence-corrected chi connectivity index (χ4v) is 2.68. The van der Waals surface area contributed by atoms with Gasteiger partial charge in [-0.05, 0) is 65.1 Å². The number of aryl methyl sites for hydroxylation is 1. The molecule has 142 valence electrons. The first-order valence-electron chi connectivity index (χ1n) is 9.56. The van der Waals surface area contributed by atoms with Gasteiger partial charge in [0.1, 0.15) is 6.61 Å². The molecule has 0 radical (unpaired) electrons. The van der Waals surface area contributed by atoms with E-state index in [-0.39, 0.29) is 5.97 Å². The Morgan fingerprint density at radius 1 is 1.08 bits per heavy atom. The molecule has 0 atom stereocenters. The zero-order valence-electron chi connectivity index (χ0n) is 16.5. The Morgan fingerprint density at radius 2 is 1.80 bits per heavy atom. The van der Waals surface area contributed by atoms with Crippen molar-refractivity contribution >= 4 is 5.97 Å². The maximum Gasteiger partial charge on any atom is 0.338 e. The summed E-state index contributed by atoms with van der Waals surface area (Å²) in [5.41, 5.74) is 1.58. The lowest BCUT2D eigenvalue weighted by Gasteiger charge is -2.17. The van der Waals surface area contributed by atoms with E-state index in [0.29, 0.717) is 12.2 Å². The van der Waals surface area contributed by atoms with Gasteiger partial charge in [-0.1, -0.05) is 26.7 Å². The van der Waals surface area contributed by atoms with E-state index in [0.717, 1.165) is 38.2 Å². The molecule has 0 spiro atoms. The highest BCUT2D eigenvalue weighted by Crippen LogP contribution is 2.09. The molecule has 0 aromatic carbocycles. The first-order chi connectivity index (χ1) is 12.1. The van der Waals surface area contributed by atoms with Crippen molar-refractivity contribution in [3.05, 3.63) is 29.6 Å². The van der Waals surface area contributed by atoms with Crippen LogP contribution in [-0.2, 0) is 11.2 Å². The first-order valence-corrected chi connectivity index (χ1v) is 9.56. The van der Waals surface area contributed by atoms with E-state index in [1.807, 2.05) is 25.1 Å². The van der Waals surface area contributed by atoms with Gasteiger partial charge in [0, 0.05) is 18.4 Å². The van der Waals surface area contributed by atoms with E-state index in [4.69, 9.17) is 4.74 Å². The Balaban J connectivity index is 2.27. The second-order valence-corrected chi connectivity index (χ2v) is 6.67. The van der Waals surface area contributed by atoms with E-state index < -0.39 is 0 Å². The highest BCUT2D eigenvalue weighted by molar-refractivity contribution is 5.89. The summed E-state index contributed by atoms with van der Waals surface area (Å²) in [6.07, 6.45) is 7.46. The minimum atomic E-state index is -0.260. The summed E-state index contributed by atoms with van der Waals surface area (Å²) in [6.45, 7) is 9.05. The average molecular weight is 350 g/mol. The second-order valence-electron chi connectivity index (χ2n) is 6.67. The number of aromatic nitrogens is 1. The van der Waals surface area contributed by atoms with Crippen molar-refractivity contribution < 1.29 is 9.53 Å². The van der Waals surface area contributed by atoms with Gasteiger partial charge in [-0.3, -0.25) is 4.98 Å². The highest BCUT2D eigenvalue weighted by atomic mass is 16.5. The lowest BCUT2D eigenvalue weighted by atomic mass is 10.1. The SMILES string of the molecule is CCN(CC)CCCCCCc1cc(C(=O)OCCN(C)C)ccn1. The van der Waals surface area contributed by atoms with Crippen molar-refractivity contribution in [2.45, 2.75) is 46.0 Å². The Kier molecular flexibility index (Phi) is 11.1. The van der Waals surface area contributed by atoms with E-state index in [1.165, 1.54) is 25.8 Å². The van der Waals surface area contributed by atoms with E-state index in [1.54, 1.807) is 12.3 Å².